The molecule has 2 aromatic rings. The first-order valence-electron chi connectivity index (χ1n) is 7.51. The molecule has 0 bridgehead atoms. The highest BCUT2D eigenvalue weighted by atomic mass is 35.5. The second kappa shape index (κ2) is 7.90. The summed E-state index contributed by atoms with van der Waals surface area (Å²) in [5.74, 6) is -0.548. The second-order valence-corrected chi connectivity index (χ2v) is 9.62. The molecule has 1 aliphatic rings. The molecule has 1 N–H and O–H groups in total. The average Bonchev–Trinajstić information content (AvgIpc) is 2.92. The Bertz CT molecular complexity index is 1070. The molecule has 2 aromatic carbocycles. The third kappa shape index (κ3) is 4.21. The van der Waals surface area contributed by atoms with Gasteiger partial charge in [0.1, 0.15) is 0 Å². The molecule has 10 heteroatoms. The largest absolute Gasteiger partial charge is 0.281 e. The fraction of sp³-hybridized carbons (Fsp3) is 0.0588. The van der Waals surface area contributed by atoms with E-state index in [-0.39, 0.29) is 9.22 Å². The number of amides is 1. The van der Waals surface area contributed by atoms with Crippen LogP contribution in [0.1, 0.15) is 12.5 Å². The van der Waals surface area contributed by atoms with Crippen molar-refractivity contribution in [3.63, 3.8) is 0 Å². The first kappa shape index (κ1) is 20.3. The topological polar surface area (TPSA) is 66.5 Å². The number of sulfonamides is 1. The van der Waals surface area contributed by atoms with Crippen LogP contribution in [0.3, 0.4) is 0 Å². The number of thioether (sulfide) groups is 1. The number of hydrogen-bond acceptors (Lipinski definition) is 5. The van der Waals surface area contributed by atoms with Crippen molar-refractivity contribution in [1.82, 2.24) is 9.84 Å². The number of hydrazine groups is 1. The molecule has 140 valence electrons. The van der Waals surface area contributed by atoms with E-state index in [2.05, 4.69) is 4.83 Å². The van der Waals surface area contributed by atoms with Crippen molar-refractivity contribution in [2.45, 2.75) is 11.8 Å². The molecule has 0 radical (unpaired) electrons. The Morgan fingerprint density at radius 1 is 1.11 bits per heavy atom. The summed E-state index contributed by atoms with van der Waals surface area (Å²) in [5, 5.41) is 1.61. The van der Waals surface area contributed by atoms with Crippen LogP contribution in [0.2, 0.25) is 10.0 Å². The van der Waals surface area contributed by atoms with E-state index in [1.165, 1.54) is 12.1 Å². The maximum absolute atomic E-state index is 12.8. The maximum atomic E-state index is 12.8. The zero-order valence-electron chi connectivity index (χ0n) is 13.8. The number of carbonyl (C=O) groups is 1. The number of hydrogen-bond donors (Lipinski definition) is 1. The Balaban J connectivity index is 1.92. The van der Waals surface area contributed by atoms with E-state index in [1.54, 1.807) is 43.3 Å². The molecule has 0 saturated carbocycles. The second-order valence-electron chi connectivity index (χ2n) is 5.50. The average molecular weight is 459 g/mol. The van der Waals surface area contributed by atoms with E-state index in [9.17, 15) is 13.2 Å². The van der Waals surface area contributed by atoms with E-state index in [0.29, 0.717) is 26.1 Å². The number of carbonyl (C=O) groups excluding carboxylic acids is 1. The quantitative estimate of drug-likeness (QED) is 0.540. The molecule has 3 rings (SSSR count). The van der Waals surface area contributed by atoms with Crippen molar-refractivity contribution < 1.29 is 13.2 Å². The van der Waals surface area contributed by atoms with Gasteiger partial charge < -0.3 is 0 Å². The van der Waals surface area contributed by atoms with Crippen molar-refractivity contribution in [2.75, 3.05) is 0 Å². The molecule has 1 fully saturated rings. The predicted octanol–water partition coefficient (Wildman–Crippen LogP) is 4.48. The lowest BCUT2D eigenvalue weighted by Gasteiger charge is -2.16. The van der Waals surface area contributed by atoms with Gasteiger partial charge in [-0.1, -0.05) is 71.4 Å². The van der Waals surface area contributed by atoms with Crippen molar-refractivity contribution in [3.05, 3.63) is 69.0 Å². The summed E-state index contributed by atoms with van der Waals surface area (Å²) in [7, 11) is -3.94. The molecule has 27 heavy (non-hydrogen) atoms. The lowest BCUT2D eigenvalue weighted by molar-refractivity contribution is -0.123. The van der Waals surface area contributed by atoms with Crippen LogP contribution in [0.4, 0.5) is 0 Å². The summed E-state index contributed by atoms with van der Waals surface area (Å²) in [4.78, 5) is 15.4. The first-order valence-corrected chi connectivity index (χ1v) is 11.0. The van der Waals surface area contributed by atoms with E-state index in [1.807, 2.05) is 0 Å². The Morgan fingerprint density at radius 2 is 1.78 bits per heavy atom. The monoisotopic (exact) mass is 458 g/mol. The Hall–Kier alpha value is -1.42. The van der Waals surface area contributed by atoms with Gasteiger partial charge in [0, 0.05) is 0 Å². The summed E-state index contributed by atoms with van der Waals surface area (Å²) >= 11 is 18.2. The molecule has 0 aliphatic carbocycles. The smallest absolute Gasteiger partial charge is 0.266 e. The predicted molar refractivity (Wildman–Crippen MR) is 113 cm³/mol. The van der Waals surface area contributed by atoms with Crippen LogP contribution in [0.5, 0.6) is 0 Å². The van der Waals surface area contributed by atoms with E-state index >= 15 is 0 Å². The van der Waals surface area contributed by atoms with Crippen molar-refractivity contribution >= 4 is 73.0 Å². The minimum Gasteiger partial charge on any atom is -0.266 e. The van der Waals surface area contributed by atoms with Gasteiger partial charge in [-0.05, 0) is 42.3 Å². The molecule has 0 aromatic heterocycles. The lowest BCUT2D eigenvalue weighted by Crippen LogP contribution is -2.44. The van der Waals surface area contributed by atoms with Gasteiger partial charge >= 0.3 is 0 Å². The van der Waals surface area contributed by atoms with Crippen LogP contribution in [-0.4, -0.2) is 23.7 Å². The van der Waals surface area contributed by atoms with E-state index < -0.39 is 15.9 Å². The number of allylic oxidation sites excluding steroid dienone is 1. The van der Waals surface area contributed by atoms with Gasteiger partial charge in [0.25, 0.3) is 15.9 Å². The minimum absolute atomic E-state index is 0.0317. The summed E-state index contributed by atoms with van der Waals surface area (Å²) in [6.07, 6.45) is 0. The van der Waals surface area contributed by atoms with Crippen LogP contribution < -0.4 is 4.83 Å². The van der Waals surface area contributed by atoms with Gasteiger partial charge in [0.2, 0.25) is 0 Å². The van der Waals surface area contributed by atoms with Gasteiger partial charge in [-0.25, -0.2) is 13.4 Å². The van der Waals surface area contributed by atoms with Crippen LogP contribution in [0, 0.1) is 0 Å². The number of halogens is 2. The number of rotatable bonds is 4. The van der Waals surface area contributed by atoms with Gasteiger partial charge in [0.15, 0.2) is 4.32 Å². The molecular weight excluding hydrogens is 447 g/mol. The molecule has 1 heterocycles. The van der Waals surface area contributed by atoms with Crippen molar-refractivity contribution in [1.29, 1.82) is 0 Å². The molecular formula is C17H12Cl2N2O3S3. The molecule has 0 unspecified atom stereocenters. The SMILES string of the molecule is C/C(=C1/SC(=S)N(NS(=O)(=O)c2ccccc2)C1=O)c1ccc(Cl)c(Cl)c1. The van der Waals surface area contributed by atoms with Crippen LogP contribution in [-0.2, 0) is 14.8 Å². The Kier molecular flexibility index (Phi) is 5.95. The van der Waals surface area contributed by atoms with Gasteiger partial charge in [-0.15, -0.1) is 4.83 Å². The van der Waals surface area contributed by atoms with E-state index in [4.69, 9.17) is 35.4 Å². The number of nitrogens with one attached hydrogen (secondary N) is 1. The number of thiocarbonyl (C=S) groups is 1. The fourth-order valence-electron chi connectivity index (χ4n) is 2.31. The van der Waals surface area contributed by atoms with Gasteiger partial charge in [0.05, 0.1) is 19.8 Å². The Labute approximate surface area is 176 Å². The minimum atomic E-state index is -3.94. The number of benzene rings is 2. The Morgan fingerprint density at radius 3 is 2.41 bits per heavy atom. The maximum Gasteiger partial charge on any atom is 0.281 e. The molecule has 0 atom stereocenters. The van der Waals surface area contributed by atoms with Crippen LogP contribution in [0.15, 0.2) is 58.3 Å². The van der Waals surface area contributed by atoms with Crippen molar-refractivity contribution in [3.8, 4) is 0 Å². The number of nitrogens with zero attached hydrogens (tertiary/aromatic N) is 1. The first-order chi connectivity index (χ1) is 12.7. The van der Waals surface area contributed by atoms with Crippen LogP contribution in [0.25, 0.3) is 5.57 Å². The molecule has 1 aliphatic heterocycles. The highest BCUT2D eigenvalue weighted by molar-refractivity contribution is 8.26. The van der Waals surface area contributed by atoms with Crippen molar-refractivity contribution in [2.24, 2.45) is 0 Å². The van der Waals surface area contributed by atoms with Gasteiger partial charge in [-0.3, -0.25) is 4.79 Å². The highest BCUT2D eigenvalue weighted by Crippen LogP contribution is 2.37. The summed E-state index contributed by atoms with van der Waals surface area (Å²) < 4.78 is 25.1. The molecule has 1 saturated heterocycles. The summed E-state index contributed by atoms with van der Waals surface area (Å²) in [6, 6.07) is 12.7. The normalized spacial score (nSPS) is 16.8. The standard InChI is InChI=1S/C17H12Cl2N2O3S3/c1-10(11-7-8-13(18)14(19)9-11)15-16(22)21(17(25)26-15)20-27(23,24)12-5-3-2-4-6-12/h2-9,20H,1H3/b15-10-. The third-order valence-electron chi connectivity index (χ3n) is 3.73. The molecule has 0 spiro atoms. The van der Waals surface area contributed by atoms with Gasteiger partial charge in [-0.2, -0.15) is 0 Å². The summed E-state index contributed by atoms with van der Waals surface area (Å²) in [5.41, 5.74) is 1.31. The highest BCUT2D eigenvalue weighted by Gasteiger charge is 2.37. The van der Waals surface area contributed by atoms with E-state index in [0.717, 1.165) is 16.8 Å². The molecule has 5 nitrogen and oxygen atoms in total. The van der Waals surface area contributed by atoms with Crippen LogP contribution >= 0.6 is 47.2 Å². The summed E-state index contributed by atoms with van der Waals surface area (Å²) in [6.45, 7) is 1.73. The molecule has 1 amide bonds. The lowest BCUT2D eigenvalue weighted by atomic mass is 10.1. The zero-order chi connectivity index (χ0) is 19.8. The zero-order valence-corrected chi connectivity index (χ0v) is 17.7. The third-order valence-corrected chi connectivity index (χ3v) is 7.26. The fourth-order valence-corrected chi connectivity index (χ4v) is 4.98.